The van der Waals surface area contributed by atoms with Crippen LogP contribution in [0.15, 0.2) is 23.2 Å². The Morgan fingerprint density at radius 2 is 1.86 bits per heavy atom. The van der Waals surface area contributed by atoms with Gasteiger partial charge in [0.15, 0.2) is 15.0 Å². The van der Waals surface area contributed by atoms with Crippen molar-refractivity contribution in [2.45, 2.75) is 32.1 Å². The fraction of sp³-hybridized carbons (Fsp3) is 0.467. The number of amidine groups is 1. The van der Waals surface area contributed by atoms with Gasteiger partial charge in [-0.15, -0.1) is 0 Å². The summed E-state index contributed by atoms with van der Waals surface area (Å²) in [6.45, 7) is 5.42. The van der Waals surface area contributed by atoms with Crippen LogP contribution in [-0.4, -0.2) is 42.3 Å². The molecule has 5 nitrogen and oxygen atoms in total. The van der Waals surface area contributed by atoms with Gasteiger partial charge in [0.2, 0.25) is 5.91 Å². The van der Waals surface area contributed by atoms with E-state index in [1.54, 1.807) is 0 Å². The highest BCUT2D eigenvalue weighted by Gasteiger charge is 2.49. The Hall–Kier alpha value is -1.34. The SMILES string of the molecule is CC(=O)N=C1S[C@@H]2CS(=O)(=O)C[C@@H]2N1c1cc(C)cc(C)c1. The van der Waals surface area contributed by atoms with E-state index in [4.69, 9.17) is 0 Å². The molecule has 2 saturated heterocycles. The predicted molar refractivity (Wildman–Crippen MR) is 90.3 cm³/mol. The minimum absolute atomic E-state index is 0.0519. The normalized spacial score (nSPS) is 28.1. The van der Waals surface area contributed by atoms with Crippen LogP contribution in [0.1, 0.15) is 18.1 Å². The summed E-state index contributed by atoms with van der Waals surface area (Å²) in [5.41, 5.74) is 3.12. The number of amides is 1. The third-order valence-corrected chi connectivity index (χ3v) is 7.01. The number of hydrogen-bond acceptors (Lipinski definition) is 4. The number of carbonyl (C=O) groups excluding carboxylic acids is 1. The number of hydrogen-bond donors (Lipinski definition) is 0. The number of thioether (sulfide) groups is 1. The number of nitrogens with zero attached hydrogens (tertiary/aromatic N) is 2. The largest absolute Gasteiger partial charge is 0.316 e. The summed E-state index contributed by atoms with van der Waals surface area (Å²) in [5, 5.41) is 0.561. The number of anilines is 1. The molecule has 2 fully saturated rings. The standard InChI is InChI=1S/C15H18N2O3S2/c1-9-4-10(2)6-12(5-9)17-13-7-22(19,20)8-14(13)21-15(17)16-11(3)18/h4-6,13-14H,7-8H2,1-3H3/t13-,14+/m0/s1. The molecular weight excluding hydrogens is 320 g/mol. The Bertz CT molecular complexity index is 751. The maximum atomic E-state index is 11.9. The first-order valence-electron chi connectivity index (χ1n) is 7.09. The van der Waals surface area contributed by atoms with E-state index in [0.717, 1.165) is 16.8 Å². The monoisotopic (exact) mass is 338 g/mol. The molecule has 1 amide bonds. The van der Waals surface area contributed by atoms with Crippen LogP contribution >= 0.6 is 11.8 Å². The highest BCUT2D eigenvalue weighted by atomic mass is 32.2. The zero-order chi connectivity index (χ0) is 16.1. The molecule has 7 heteroatoms. The molecule has 2 heterocycles. The van der Waals surface area contributed by atoms with E-state index in [9.17, 15) is 13.2 Å². The van der Waals surface area contributed by atoms with Gasteiger partial charge in [-0.2, -0.15) is 4.99 Å². The van der Waals surface area contributed by atoms with E-state index >= 15 is 0 Å². The van der Waals surface area contributed by atoms with Gasteiger partial charge in [-0.1, -0.05) is 17.8 Å². The van der Waals surface area contributed by atoms with Crippen molar-refractivity contribution in [1.29, 1.82) is 0 Å². The summed E-state index contributed by atoms with van der Waals surface area (Å²) in [6.07, 6.45) is 0. The smallest absolute Gasteiger partial charge is 0.244 e. The number of fused-ring (bicyclic) bond motifs is 1. The van der Waals surface area contributed by atoms with Crippen LogP contribution < -0.4 is 4.90 Å². The fourth-order valence-corrected chi connectivity index (χ4v) is 7.05. The van der Waals surface area contributed by atoms with E-state index in [2.05, 4.69) is 11.1 Å². The average Bonchev–Trinajstić information content (AvgIpc) is 2.77. The first kappa shape index (κ1) is 15.6. The Balaban J connectivity index is 2.08. The lowest BCUT2D eigenvalue weighted by atomic mass is 10.1. The maximum Gasteiger partial charge on any atom is 0.244 e. The summed E-state index contributed by atoms with van der Waals surface area (Å²) in [7, 11) is -3.02. The minimum atomic E-state index is -3.02. The number of aryl methyl sites for hydroxylation is 2. The number of sulfone groups is 1. The summed E-state index contributed by atoms with van der Waals surface area (Å²) < 4.78 is 23.9. The lowest BCUT2D eigenvalue weighted by molar-refractivity contribution is -0.115. The zero-order valence-electron chi connectivity index (χ0n) is 12.7. The van der Waals surface area contributed by atoms with Gasteiger partial charge in [0, 0.05) is 17.9 Å². The van der Waals surface area contributed by atoms with E-state index in [0.29, 0.717) is 5.17 Å². The number of carbonyl (C=O) groups is 1. The van der Waals surface area contributed by atoms with Crippen LogP contribution in [0.4, 0.5) is 5.69 Å². The van der Waals surface area contributed by atoms with Crippen LogP contribution in [0.3, 0.4) is 0 Å². The first-order valence-corrected chi connectivity index (χ1v) is 9.79. The van der Waals surface area contributed by atoms with Gasteiger partial charge in [-0.3, -0.25) is 4.79 Å². The highest BCUT2D eigenvalue weighted by Crippen LogP contribution is 2.41. The van der Waals surface area contributed by atoms with Gasteiger partial charge < -0.3 is 4.90 Å². The van der Waals surface area contributed by atoms with Gasteiger partial charge in [0.1, 0.15) is 0 Å². The van der Waals surface area contributed by atoms with E-state index in [1.165, 1.54) is 18.7 Å². The fourth-order valence-electron chi connectivity index (χ4n) is 3.09. The van der Waals surface area contributed by atoms with Crippen LogP contribution in [0.25, 0.3) is 0 Å². The van der Waals surface area contributed by atoms with E-state index in [-0.39, 0.29) is 28.7 Å². The van der Waals surface area contributed by atoms with Crippen LogP contribution in [0, 0.1) is 13.8 Å². The molecule has 0 radical (unpaired) electrons. The molecule has 2 aliphatic heterocycles. The van der Waals surface area contributed by atoms with Crippen molar-refractivity contribution in [3.05, 3.63) is 29.3 Å². The molecule has 2 atom stereocenters. The number of rotatable bonds is 1. The molecule has 3 rings (SSSR count). The van der Waals surface area contributed by atoms with Crippen molar-refractivity contribution in [2.75, 3.05) is 16.4 Å². The number of aliphatic imine (C=N–C) groups is 1. The Labute approximate surface area is 134 Å². The van der Waals surface area contributed by atoms with Crippen LogP contribution in [-0.2, 0) is 14.6 Å². The van der Waals surface area contributed by atoms with E-state index < -0.39 is 9.84 Å². The molecule has 0 N–H and O–H groups in total. The van der Waals surface area contributed by atoms with Gasteiger partial charge in [-0.05, 0) is 37.1 Å². The molecule has 1 aromatic carbocycles. The summed E-state index contributed by atoms with van der Waals surface area (Å²) in [5.74, 6) is 0.00879. The summed E-state index contributed by atoms with van der Waals surface area (Å²) in [4.78, 5) is 17.4. The Morgan fingerprint density at radius 1 is 1.23 bits per heavy atom. The molecule has 0 unspecified atom stereocenters. The molecule has 0 spiro atoms. The molecule has 22 heavy (non-hydrogen) atoms. The topological polar surface area (TPSA) is 66.8 Å². The zero-order valence-corrected chi connectivity index (χ0v) is 14.4. The molecule has 0 aliphatic carbocycles. The first-order chi connectivity index (χ1) is 10.2. The van der Waals surface area contributed by atoms with Crippen molar-refractivity contribution in [2.24, 2.45) is 4.99 Å². The quantitative estimate of drug-likeness (QED) is 0.783. The maximum absolute atomic E-state index is 11.9. The van der Waals surface area contributed by atoms with Gasteiger partial charge >= 0.3 is 0 Å². The van der Waals surface area contributed by atoms with Crippen molar-refractivity contribution in [3.8, 4) is 0 Å². The Kier molecular flexibility index (Phi) is 3.81. The predicted octanol–water partition coefficient (Wildman–Crippen LogP) is 1.92. The lowest BCUT2D eigenvalue weighted by Crippen LogP contribution is -2.37. The van der Waals surface area contributed by atoms with Gasteiger partial charge in [0.05, 0.1) is 17.5 Å². The minimum Gasteiger partial charge on any atom is -0.316 e. The number of benzene rings is 1. The molecule has 0 aromatic heterocycles. The summed E-state index contributed by atoms with van der Waals surface area (Å²) >= 11 is 1.40. The second-order valence-electron chi connectivity index (χ2n) is 5.93. The second-order valence-corrected chi connectivity index (χ2v) is 9.29. The Morgan fingerprint density at radius 3 is 2.45 bits per heavy atom. The van der Waals surface area contributed by atoms with Gasteiger partial charge in [-0.25, -0.2) is 8.42 Å². The molecule has 1 aromatic rings. The van der Waals surface area contributed by atoms with Crippen LogP contribution in [0.2, 0.25) is 0 Å². The lowest BCUT2D eigenvalue weighted by Gasteiger charge is -2.25. The van der Waals surface area contributed by atoms with Crippen molar-refractivity contribution in [3.63, 3.8) is 0 Å². The molecule has 118 valence electrons. The van der Waals surface area contributed by atoms with Crippen molar-refractivity contribution < 1.29 is 13.2 Å². The van der Waals surface area contributed by atoms with Crippen molar-refractivity contribution >= 4 is 38.4 Å². The van der Waals surface area contributed by atoms with Crippen LogP contribution in [0.5, 0.6) is 0 Å². The van der Waals surface area contributed by atoms with Crippen molar-refractivity contribution in [1.82, 2.24) is 0 Å². The summed E-state index contributed by atoms with van der Waals surface area (Å²) in [6, 6.07) is 5.94. The molecule has 0 saturated carbocycles. The average molecular weight is 338 g/mol. The van der Waals surface area contributed by atoms with E-state index in [1.807, 2.05) is 30.9 Å². The van der Waals surface area contributed by atoms with Gasteiger partial charge in [0.25, 0.3) is 0 Å². The second kappa shape index (κ2) is 5.38. The molecule has 2 aliphatic rings. The third kappa shape index (κ3) is 2.92. The molecular formula is C15H18N2O3S2. The molecule has 0 bridgehead atoms. The third-order valence-electron chi connectivity index (χ3n) is 3.80. The highest BCUT2D eigenvalue weighted by molar-refractivity contribution is 8.16.